The third-order valence-electron chi connectivity index (χ3n) is 3.58. The van der Waals surface area contributed by atoms with E-state index in [9.17, 15) is 18.5 Å². The molecular formula is C13H19N3O4S. The van der Waals surface area contributed by atoms with Crippen molar-refractivity contribution in [3.8, 4) is 0 Å². The van der Waals surface area contributed by atoms with Crippen LogP contribution in [0.25, 0.3) is 0 Å². The van der Waals surface area contributed by atoms with Crippen molar-refractivity contribution < 1.29 is 13.3 Å². The molecule has 116 valence electrons. The Kier molecular flexibility index (Phi) is 4.48. The van der Waals surface area contributed by atoms with Crippen molar-refractivity contribution in [3.05, 3.63) is 28.3 Å². The van der Waals surface area contributed by atoms with Crippen LogP contribution in [0.2, 0.25) is 0 Å². The molecule has 0 saturated carbocycles. The van der Waals surface area contributed by atoms with Crippen LogP contribution in [0.3, 0.4) is 0 Å². The van der Waals surface area contributed by atoms with Crippen LogP contribution < -0.4 is 10.6 Å². The van der Waals surface area contributed by atoms with E-state index in [0.717, 1.165) is 31.7 Å². The fourth-order valence-electron chi connectivity index (χ4n) is 2.50. The second-order valence-corrected chi connectivity index (χ2v) is 7.44. The van der Waals surface area contributed by atoms with Gasteiger partial charge in [0.05, 0.1) is 9.82 Å². The van der Waals surface area contributed by atoms with Crippen molar-refractivity contribution in [2.24, 2.45) is 0 Å². The summed E-state index contributed by atoms with van der Waals surface area (Å²) >= 11 is 0. The van der Waals surface area contributed by atoms with Gasteiger partial charge in [0.25, 0.3) is 5.69 Å². The summed E-state index contributed by atoms with van der Waals surface area (Å²) in [5, 5.41) is 17.6. The summed E-state index contributed by atoms with van der Waals surface area (Å²) in [6.45, 7) is 2.92. The van der Waals surface area contributed by atoms with Gasteiger partial charge in [0.1, 0.15) is 5.69 Å². The summed E-state index contributed by atoms with van der Waals surface area (Å²) in [5.41, 5.74) is 0.163. The molecule has 1 aliphatic heterocycles. The lowest BCUT2D eigenvalue weighted by Crippen LogP contribution is -2.41. The Hall–Kier alpha value is -1.67. The lowest BCUT2D eigenvalue weighted by Gasteiger charge is -2.29. The molecule has 1 fully saturated rings. The Morgan fingerprint density at radius 2 is 2.14 bits per heavy atom. The molecule has 2 N–H and O–H groups in total. The van der Waals surface area contributed by atoms with Gasteiger partial charge in [-0.2, -0.15) is 0 Å². The van der Waals surface area contributed by atoms with Gasteiger partial charge in [-0.25, -0.2) is 8.42 Å². The lowest BCUT2D eigenvalue weighted by atomic mass is 10.0. The third kappa shape index (κ3) is 3.92. The van der Waals surface area contributed by atoms with Crippen LogP contribution in [0.15, 0.2) is 23.1 Å². The number of anilines is 1. The molecule has 8 heteroatoms. The molecule has 1 aromatic rings. The lowest BCUT2D eigenvalue weighted by molar-refractivity contribution is -0.384. The quantitative estimate of drug-likeness (QED) is 0.646. The van der Waals surface area contributed by atoms with Gasteiger partial charge in [0, 0.05) is 24.4 Å². The third-order valence-corrected chi connectivity index (χ3v) is 4.69. The van der Waals surface area contributed by atoms with E-state index in [1.807, 2.05) is 0 Å². The first-order chi connectivity index (χ1) is 9.77. The number of nitrogens with one attached hydrogen (secondary N) is 2. The number of nitrogens with zero attached hydrogens (tertiary/aromatic N) is 1. The Balaban J connectivity index is 2.28. The predicted octanol–water partition coefficient (Wildman–Crippen LogP) is 1.55. The fourth-order valence-corrected chi connectivity index (χ4v) is 3.14. The average molecular weight is 313 g/mol. The van der Waals surface area contributed by atoms with Crippen molar-refractivity contribution in [2.75, 3.05) is 18.1 Å². The summed E-state index contributed by atoms with van der Waals surface area (Å²) in [6.07, 6.45) is 2.77. The maximum Gasteiger partial charge on any atom is 0.293 e. The van der Waals surface area contributed by atoms with Gasteiger partial charge < -0.3 is 10.6 Å². The first-order valence-electron chi connectivity index (χ1n) is 6.76. The highest BCUT2D eigenvalue weighted by atomic mass is 32.2. The van der Waals surface area contributed by atoms with Crippen molar-refractivity contribution in [3.63, 3.8) is 0 Å². The second kappa shape index (κ2) is 5.98. The van der Waals surface area contributed by atoms with Gasteiger partial charge >= 0.3 is 0 Å². The second-order valence-electron chi connectivity index (χ2n) is 5.43. The highest BCUT2D eigenvalue weighted by Crippen LogP contribution is 2.29. The van der Waals surface area contributed by atoms with E-state index in [2.05, 4.69) is 17.6 Å². The number of rotatable bonds is 4. The maximum absolute atomic E-state index is 11.5. The molecule has 0 aromatic heterocycles. The average Bonchev–Trinajstić information content (AvgIpc) is 2.37. The minimum Gasteiger partial charge on any atom is -0.377 e. The molecule has 0 radical (unpaired) electrons. The standard InChI is InChI=1S/C13H19N3O4S/c1-9-7-10(5-6-14-9)15-12-4-3-11(21(2,19)20)8-13(12)16(17)18/h3-4,8-10,14-15H,5-7H2,1-2H3. The van der Waals surface area contributed by atoms with E-state index in [4.69, 9.17) is 0 Å². The van der Waals surface area contributed by atoms with Crippen LogP contribution in [0, 0.1) is 10.1 Å². The minimum absolute atomic E-state index is 0.0431. The Labute approximate surface area is 123 Å². The van der Waals surface area contributed by atoms with E-state index in [0.29, 0.717) is 11.7 Å². The zero-order valence-electron chi connectivity index (χ0n) is 12.0. The van der Waals surface area contributed by atoms with Crippen LogP contribution in [0.5, 0.6) is 0 Å². The van der Waals surface area contributed by atoms with Crippen LogP contribution in [0.4, 0.5) is 11.4 Å². The van der Waals surface area contributed by atoms with Crippen molar-refractivity contribution in [1.29, 1.82) is 0 Å². The van der Waals surface area contributed by atoms with Crippen LogP contribution >= 0.6 is 0 Å². The molecule has 0 aliphatic carbocycles. The first-order valence-corrected chi connectivity index (χ1v) is 8.65. The molecule has 0 spiro atoms. The normalized spacial score (nSPS) is 22.8. The van der Waals surface area contributed by atoms with E-state index in [-0.39, 0.29) is 16.6 Å². The van der Waals surface area contributed by atoms with E-state index < -0.39 is 14.8 Å². The Bertz CT molecular complexity index is 645. The molecule has 21 heavy (non-hydrogen) atoms. The molecule has 1 saturated heterocycles. The summed E-state index contributed by atoms with van der Waals surface area (Å²) in [6, 6.07) is 4.48. The molecule has 1 aliphatic rings. The van der Waals surface area contributed by atoms with Gasteiger partial charge in [-0.15, -0.1) is 0 Å². The van der Waals surface area contributed by atoms with Gasteiger partial charge in [-0.3, -0.25) is 10.1 Å². The SMILES string of the molecule is CC1CC(Nc2ccc(S(C)(=O)=O)cc2[N+](=O)[O-])CCN1. The number of sulfone groups is 1. The fraction of sp³-hybridized carbons (Fsp3) is 0.538. The van der Waals surface area contributed by atoms with Crippen LogP contribution in [-0.4, -0.2) is 38.2 Å². The minimum atomic E-state index is -3.46. The number of nitro groups is 1. The Morgan fingerprint density at radius 3 is 2.71 bits per heavy atom. The topological polar surface area (TPSA) is 101 Å². The monoisotopic (exact) mass is 313 g/mol. The van der Waals surface area contributed by atoms with Crippen molar-refractivity contribution in [1.82, 2.24) is 5.32 Å². The number of piperidine rings is 1. The summed E-state index contributed by atoms with van der Waals surface area (Å²) < 4.78 is 23.0. The summed E-state index contributed by atoms with van der Waals surface area (Å²) in [4.78, 5) is 10.6. The number of hydrogen-bond acceptors (Lipinski definition) is 6. The molecule has 1 heterocycles. The Morgan fingerprint density at radius 1 is 1.43 bits per heavy atom. The largest absolute Gasteiger partial charge is 0.377 e. The zero-order valence-corrected chi connectivity index (χ0v) is 12.8. The van der Waals surface area contributed by atoms with Crippen molar-refractivity contribution in [2.45, 2.75) is 36.7 Å². The van der Waals surface area contributed by atoms with Gasteiger partial charge in [-0.05, 0) is 38.4 Å². The maximum atomic E-state index is 11.5. The molecule has 2 unspecified atom stereocenters. The van der Waals surface area contributed by atoms with E-state index in [1.54, 1.807) is 0 Å². The van der Waals surface area contributed by atoms with Gasteiger partial charge in [-0.1, -0.05) is 0 Å². The van der Waals surface area contributed by atoms with Gasteiger partial charge in [0.2, 0.25) is 0 Å². The van der Waals surface area contributed by atoms with Crippen LogP contribution in [-0.2, 0) is 9.84 Å². The molecule has 2 atom stereocenters. The first kappa shape index (κ1) is 15.7. The number of nitro benzene ring substituents is 1. The number of hydrogen-bond donors (Lipinski definition) is 2. The van der Waals surface area contributed by atoms with E-state index >= 15 is 0 Å². The smallest absolute Gasteiger partial charge is 0.293 e. The molecule has 0 amide bonds. The number of benzene rings is 1. The van der Waals surface area contributed by atoms with Gasteiger partial charge in [0.15, 0.2) is 9.84 Å². The summed E-state index contributed by atoms with van der Waals surface area (Å²) in [7, 11) is -3.46. The highest BCUT2D eigenvalue weighted by Gasteiger charge is 2.23. The molecular weight excluding hydrogens is 294 g/mol. The highest BCUT2D eigenvalue weighted by molar-refractivity contribution is 7.90. The molecule has 1 aromatic carbocycles. The van der Waals surface area contributed by atoms with Crippen molar-refractivity contribution >= 4 is 21.2 Å². The molecule has 0 bridgehead atoms. The summed E-state index contributed by atoms with van der Waals surface area (Å²) in [5.74, 6) is 0. The van der Waals surface area contributed by atoms with Crippen LogP contribution in [0.1, 0.15) is 19.8 Å². The molecule has 2 rings (SSSR count). The predicted molar refractivity (Wildman–Crippen MR) is 80.3 cm³/mol. The molecule has 7 nitrogen and oxygen atoms in total. The zero-order chi connectivity index (χ0) is 15.6. The van der Waals surface area contributed by atoms with E-state index in [1.165, 1.54) is 12.1 Å².